The predicted octanol–water partition coefficient (Wildman–Crippen LogP) is 19.2. The molecule has 4 nitrogen and oxygen atoms in total. The first-order valence-corrected chi connectivity index (χ1v) is 26.6. The number of rotatable bonds is 7. The van der Waals surface area contributed by atoms with Gasteiger partial charge in [-0.15, -0.1) is 0 Å². The minimum atomic E-state index is 0.554. The van der Waals surface area contributed by atoms with E-state index in [4.69, 9.17) is 4.98 Å². The minimum absolute atomic E-state index is 0.554. The molecule has 3 heterocycles. The molecule has 12 aromatic rings. The molecule has 0 saturated heterocycles. The Hall–Kier alpha value is -8.78. The van der Waals surface area contributed by atoms with Crippen molar-refractivity contribution in [3.05, 3.63) is 230 Å². The van der Waals surface area contributed by atoms with E-state index in [1.165, 1.54) is 111 Å². The number of benzene rings is 9. The zero-order chi connectivity index (χ0) is 53.0. The molecule has 0 aliphatic heterocycles. The Balaban J connectivity index is 1.14. The fraction of sp³-hybridized carbons (Fsp3) is 0.167. The van der Waals surface area contributed by atoms with Crippen LogP contribution >= 0.6 is 0 Å². The summed E-state index contributed by atoms with van der Waals surface area (Å²) in [4.78, 5) is 5.33. The van der Waals surface area contributed by atoms with Gasteiger partial charge in [-0.05, 0) is 245 Å². The molecule has 4 heteroatoms. The number of hydrogen-bond donors (Lipinski definition) is 0. The number of pyridine rings is 1. The van der Waals surface area contributed by atoms with Crippen molar-refractivity contribution >= 4 is 43.6 Å². The lowest BCUT2D eigenvalue weighted by molar-refractivity contribution is 1.12. The largest absolute Gasteiger partial charge is 0.309 e. The zero-order valence-corrected chi connectivity index (χ0v) is 45.8. The van der Waals surface area contributed by atoms with Gasteiger partial charge in [-0.3, -0.25) is 4.98 Å². The highest BCUT2D eigenvalue weighted by Crippen LogP contribution is 2.45. The van der Waals surface area contributed by atoms with Crippen LogP contribution in [-0.4, -0.2) is 14.1 Å². The van der Waals surface area contributed by atoms with Crippen molar-refractivity contribution in [1.82, 2.24) is 14.1 Å². The highest BCUT2D eigenvalue weighted by molar-refractivity contribution is 6.14. The Morgan fingerprint density at radius 1 is 0.329 bits per heavy atom. The molecule has 0 aliphatic carbocycles. The summed E-state index contributed by atoms with van der Waals surface area (Å²) < 4.78 is 4.75. The van der Waals surface area contributed by atoms with Gasteiger partial charge in [0.15, 0.2) is 0 Å². The van der Waals surface area contributed by atoms with Crippen molar-refractivity contribution < 1.29 is 0 Å². The maximum Gasteiger partial charge on any atom is 0.0999 e. The number of aryl methyl sites for hydroxylation is 12. The summed E-state index contributed by atoms with van der Waals surface area (Å²) in [5.74, 6) is 0. The molecule has 0 radical (unpaired) electrons. The van der Waals surface area contributed by atoms with Gasteiger partial charge in [-0.25, -0.2) is 0 Å². The molecule has 0 N–H and O–H groups in total. The van der Waals surface area contributed by atoms with Gasteiger partial charge in [0.05, 0.1) is 50.8 Å². The Bertz CT molecular complexity index is 4160. The number of nitriles is 1. The van der Waals surface area contributed by atoms with E-state index in [0.717, 1.165) is 66.2 Å². The van der Waals surface area contributed by atoms with Crippen LogP contribution < -0.4 is 0 Å². The molecule has 0 spiro atoms. The summed E-state index contributed by atoms with van der Waals surface area (Å²) in [6.45, 7) is 26.5. The van der Waals surface area contributed by atoms with Crippen LogP contribution in [0.25, 0.3) is 111 Å². The van der Waals surface area contributed by atoms with Crippen LogP contribution in [0.3, 0.4) is 0 Å². The third-order valence-corrected chi connectivity index (χ3v) is 16.1. The molecular formula is C72H62N4. The lowest BCUT2D eigenvalue weighted by Crippen LogP contribution is -2.04. The number of nitrogens with zero attached hydrogens (tertiary/aromatic N) is 4. The van der Waals surface area contributed by atoms with Crippen molar-refractivity contribution in [3.63, 3.8) is 0 Å². The van der Waals surface area contributed by atoms with E-state index in [1.807, 2.05) is 24.4 Å². The summed E-state index contributed by atoms with van der Waals surface area (Å²) in [7, 11) is 0. The van der Waals surface area contributed by atoms with Gasteiger partial charge in [-0.2, -0.15) is 5.26 Å². The SMILES string of the molecule is Cc1cc(C)c(-c2ccc3c(c2)c2cc(-c4c(C)cc(C)cc4C)ccc2n3-c2cccnc2-c2c(C#N)cccc2-n2c3ccc(-c4c(C)cc(C)cc4C)cc3c3cc(-c4c(C)cc(C)cc4C)ccc32)c(C)c1. The molecule has 0 fully saturated rings. The predicted molar refractivity (Wildman–Crippen MR) is 322 cm³/mol. The highest BCUT2D eigenvalue weighted by atomic mass is 15.0. The van der Waals surface area contributed by atoms with Gasteiger partial charge in [0.2, 0.25) is 0 Å². The zero-order valence-electron chi connectivity index (χ0n) is 45.8. The Morgan fingerprint density at radius 3 is 0.947 bits per heavy atom. The van der Waals surface area contributed by atoms with E-state index >= 15 is 0 Å². The number of aromatic nitrogens is 3. The molecular weight excluding hydrogens is 921 g/mol. The molecule has 0 bridgehead atoms. The summed E-state index contributed by atoms with van der Waals surface area (Å²) in [6, 6.07) is 59.1. The van der Waals surface area contributed by atoms with Gasteiger partial charge in [-0.1, -0.05) is 101 Å². The maximum absolute atomic E-state index is 11.3. The molecule has 0 aliphatic rings. The van der Waals surface area contributed by atoms with Crippen molar-refractivity contribution in [2.24, 2.45) is 0 Å². The third-order valence-electron chi connectivity index (χ3n) is 16.1. The van der Waals surface area contributed by atoms with Crippen molar-refractivity contribution in [3.8, 4) is 73.2 Å². The summed E-state index contributed by atoms with van der Waals surface area (Å²) in [5.41, 5.74) is 33.1. The molecule has 9 aromatic carbocycles. The Labute approximate surface area is 447 Å². The normalized spacial score (nSPS) is 11.7. The van der Waals surface area contributed by atoms with E-state index in [0.29, 0.717) is 5.56 Å². The van der Waals surface area contributed by atoms with E-state index < -0.39 is 0 Å². The van der Waals surface area contributed by atoms with Crippen molar-refractivity contribution in [2.45, 2.75) is 83.1 Å². The molecule has 0 amide bonds. The van der Waals surface area contributed by atoms with Crippen LogP contribution in [0, 0.1) is 94.4 Å². The van der Waals surface area contributed by atoms with Crippen molar-refractivity contribution in [1.29, 1.82) is 5.26 Å². The number of fused-ring (bicyclic) bond motifs is 6. The molecule has 0 atom stereocenters. The fourth-order valence-corrected chi connectivity index (χ4v) is 13.6. The van der Waals surface area contributed by atoms with Crippen LogP contribution in [0.5, 0.6) is 0 Å². The van der Waals surface area contributed by atoms with Gasteiger partial charge < -0.3 is 9.13 Å². The Morgan fingerprint density at radius 2 is 0.632 bits per heavy atom. The standard InChI is InChI=1S/C72H62N4/c1-40-27-44(5)67(45(6)28-40)52-18-22-61-57(35-52)58-36-53(68-46(7)29-41(2)30-47(68)8)19-23-62(58)75(61)65-16-13-15-56(39-73)71(65)72-66(17-14-26-74-72)76-63-24-20-54(69-48(9)31-42(3)32-49(69)10)37-59(63)60-38-55(21-25-64(60)76)70-50(11)33-43(4)34-51(70)12/h13-38H,1-12H3. The average Bonchev–Trinajstić information content (AvgIpc) is 4.11. The van der Waals surface area contributed by atoms with Gasteiger partial charge in [0.25, 0.3) is 0 Å². The van der Waals surface area contributed by atoms with Gasteiger partial charge in [0, 0.05) is 33.3 Å². The minimum Gasteiger partial charge on any atom is -0.309 e. The van der Waals surface area contributed by atoms with Crippen LogP contribution in [0.2, 0.25) is 0 Å². The van der Waals surface area contributed by atoms with Crippen molar-refractivity contribution in [2.75, 3.05) is 0 Å². The molecule has 76 heavy (non-hydrogen) atoms. The topological polar surface area (TPSA) is 46.5 Å². The Kier molecular flexibility index (Phi) is 11.6. The molecule has 370 valence electrons. The first-order valence-electron chi connectivity index (χ1n) is 26.6. The first-order chi connectivity index (χ1) is 36.6. The van der Waals surface area contributed by atoms with E-state index in [-0.39, 0.29) is 0 Å². The summed E-state index contributed by atoms with van der Waals surface area (Å²) in [6.07, 6.45) is 1.87. The summed E-state index contributed by atoms with van der Waals surface area (Å²) >= 11 is 0. The van der Waals surface area contributed by atoms with E-state index in [1.54, 1.807) is 0 Å². The average molecular weight is 983 g/mol. The molecule has 0 saturated carbocycles. The van der Waals surface area contributed by atoms with Crippen LogP contribution in [0.4, 0.5) is 0 Å². The van der Waals surface area contributed by atoms with Gasteiger partial charge in [0.1, 0.15) is 0 Å². The van der Waals surface area contributed by atoms with E-state index in [9.17, 15) is 5.26 Å². The first kappa shape index (κ1) is 48.2. The summed E-state index contributed by atoms with van der Waals surface area (Å²) in [5, 5.41) is 15.9. The lowest BCUT2D eigenvalue weighted by atomic mass is 9.91. The van der Waals surface area contributed by atoms with E-state index in [2.05, 4.69) is 232 Å². The van der Waals surface area contributed by atoms with Gasteiger partial charge >= 0.3 is 0 Å². The molecule has 12 rings (SSSR count). The number of hydrogen-bond acceptors (Lipinski definition) is 2. The van der Waals surface area contributed by atoms with Crippen LogP contribution in [0.1, 0.15) is 72.3 Å². The lowest BCUT2D eigenvalue weighted by Gasteiger charge is -2.19. The highest BCUT2D eigenvalue weighted by Gasteiger charge is 2.25. The smallest absolute Gasteiger partial charge is 0.0999 e. The molecule has 3 aromatic heterocycles. The maximum atomic E-state index is 11.3. The fourth-order valence-electron chi connectivity index (χ4n) is 13.6. The van der Waals surface area contributed by atoms with Crippen LogP contribution in [-0.2, 0) is 0 Å². The second-order valence-electron chi connectivity index (χ2n) is 21.9. The quantitative estimate of drug-likeness (QED) is 0.160. The third kappa shape index (κ3) is 7.76. The monoisotopic (exact) mass is 982 g/mol. The second kappa shape index (κ2) is 18.3. The molecule has 0 unspecified atom stereocenters. The second-order valence-corrected chi connectivity index (χ2v) is 21.9. The van der Waals surface area contributed by atoms with Crippen LogP contribution in [0.15, 0.2) is 158 Å².